The second kappa shape index (κ2) is 8.32. The number of aromatic nitrogens is 4. The molecule has 0 aliphatic rings. The van der Waals surface area contributed by atoms with Crippen molar-refractivity contribution in [3.8, 4) is 5.75 Å². The van der Waals surface area contributed by atoms with E-state index >= 15 is 0 Å². The van der Waals surface area contributed by atoms with Gasteiger partial charge in [-0.3, -0.25) is 9.48 Å². The van der Waals surface area contributed by atoms with Gasteiger partial charge in [0.15, 0.2) is 18.1 Å². The number of carbonyl (C=O) groups is 2. The van der Waals surface area contributed by atoms with Gasteiger partial charge < -0.3 is 14.8 Å². The molecule has 0 aliphatic heterocycles. The molecular weight excluding hydrogens is 409 g/mol. The summed E-state index contributed by atoms with van der Waals surface area (Å²) in [7, 11) is 2.81. The summed E-state index contributed by atoms with van der Waals surface area (Å²) in [6.07, 6.45) is 2.93. The first-order chi connectivity index (χ1) is 13.4. The fourth-order valence-electron chi connectivity index (χ4n) is 2.34. The standard InChI is InChI=1S/C17H15Cl2N5O4/c1-23-15(17(26)27-2)13(8-20-23)21-16(25)12-5-6-24(22-12)9-28-14-4-3-10(18)7-11(14)19/h3-8H,9H2,1-2H3,(H,21,25). The zero-order valence-corrected chi connectivity index (χ0v) is 16.4. The molecule has 9 nitrogen and oxygen atoms in total. The lowest BCUT2D eigenvalue weighted by Gasteiger charge is -2.08. The van der Waals surface area contributed by atoms with E-state index in [2.05, 4.69) is 15.5 Å². The summed E-state index contributed by atoms with van der Waals surface area (Å²) in [5.74, 6) is -0.693. The van der Waals surface area contributed by atoms with E-state index in [1.807, 2.05) is 0 Å². The summed E-state index contributed by atoms with van der Waals surface area (Å²) in [5.41, 5.74) is 0.472. The van der Waals surface area contributed by atoms with Gasteiger partial charge in [0.1, 0.15) is 5.75 Å². The third kappa shape index (κ3) is 4.26. The Labute approximate surface area is 169 Å². The van der Waals surface area contributed by atoms with E-state index in [-0.39, 0.29) is 23.8 Å². The molecule has 2 aromatic heterocycles. The Bertz CT molecular complexity index is 1030. The quantitative estimate of drug-likeness (QED) is 0.611. The fourth-order valence-corrected chi connectivity index (χ4v) is 2.80. The molecule has 0 fully saturated rings. The number of rotatable bonds is 6. The molecule has 0 saturated heterocycles. The summed E-state index contributed by atoms with van der Waals surface area (Å²) in [4.78, 5) is 24.2. The SMILES string of the molecule is COC(=O)c1c(NC(=O)c2ccn(COc3ccc(Cl)cc3Cl)n2)cnn1C. The maximum Gasteiger partial charge on any atom is 0.358 e. The number of benzene rings is 1. The zero-order chi connectivity index (χ0) is 20.3. The van der Waals surface area contributed by atoms with Crippen molar-refractivity contribution < 1.29 is 19.1 Å². The molecule has 0 unspecified atom stereocenters. The Morgan fingerprint density at radius 2 is 2.04 bits per heavy atom. The van der Waals surface area contributed by atoms with Gasteiger partial charge in [-0.1, -0.05) is 23.2 Å². The van der Waals surface area contributed by atoms with E-state index in [9.17, 15) is 9.59 Å². The highest BCUT2D eigenvalue weighted by atomic mass is 35.5. The summed E-state index contributed by atoms with van der Waals surface area (Å²) in [5, 5.41) is 11.5. The lowest BCUT2D eigenvalue weighted by molar-refractivity contribution is 0.0589. The number of amides is 1. The van der Waals surface area contributed by atoms with Crippen LogP contribution in [0.25, 0.3) is 0 Å². The molecule has 0 spiro atoms. The number of nitrogens with one attached hydrogen (secondary N) is 1. The average Bonchev–Trinajstić information content (AvgIpc) is 3.27. The van der Waals surface area contributed by atoms with Crippen molar-refractivity contribution in [1.82, 2.24) is 19.6 Å². The van der Waals surface area contributed by atoms with E-state index in [1.165, 1.54) is 28.7 Å². The van der Waals surface area contributed by atoms with Crippen LogP contribution in [0.1, 0.15) is 21.0 Å². The maximum absolute atomic E-state index is 12.4. The lowest BCUT2D eigenvalue weighted by Crippen LogP contribution is -2.17. The maximum atomic E-state index is 12.4. The minimum atomic E-state index is -0.617. The molecule has 28 heavy (non-hydrogen) atoms. The lowest BCUT2D eigenvalue weighted by atomic mass is 10.3. The van der Waals surface area contributed by atoms with Crippen LogP contribution in [-0.4, -0.2) is 38.5 Å². The van der Waals surface area contributed by atoms with Crippen LogP contribution in [0, 0.1) is 0 Å². The number of anilines is 1. The Morgan fingerprint density at radius 1 is 1.25 bits per heavy atom. The Hall–Kier alpha value is -3.04. The molecule has 146 valence electrons. The second-order valence-corrected chi connectivity index (χ2v) is 6.41. The predicted octanol–water partition coefficient (Wildman–Crippen LogP) is 3.00. The van der Waals surface area contributed by atoms with Crippen molar-refractivity contribution in [2.45, 2.75) is 6.73 Å². The van der Waals surface area contributed by atoms with Crippen molar-refractivity contribution in [3.63, 3.8) is 0 Å². The molecule has 2 heterocycles. The smallest absolute Gasteiger partial charge is 0.358 e. The number of nitrogens with zero attached hydrogens (tertiary/aromatic N) is 4. The second-order valence-electron chi connectivity index (χ2n) is 5.56. The predicted molar refractivity (Wildman–Crippen MR) is 102 cm³/mol. The number of hydrogen-bond donors (Lipinski definition) is 1. The number of hydrogen-bond acceptors (Lipinski definition) is 6. The van der Waals surface area contributed by atoms with Gasteiger partial charge in [-0.25, -0.2) is 9.48 Å². The van der Waals surface area contributed by atoms with Gasteiger partial charge in [-0.2, -0.15) is 10.2 Å². The van der Waals surface area contributed by atoms with E-state index in [4.69, 9.17) is 32.7 Å². The molecule has 0 bridgehead atoms. The van der Waals surface area contributed by atoms with Gasteiger partial charge in [0, 0.05) is 18.3 Å². The number of ether oxygens (including phenoxy) is 2. The molecule has 0 atom stereocenters. The average molecular weight is 424 g/mol. The van der Waals surface area contributed by atoms with E-state index in [0.717, 1.165) is 0 Å². The molecule has 3 rings (SSSR count). The van der Waals surface area contributed by atoms with E-state index < -0.39 is 11.9 Å². The highest BCUT2D eigenvalue weighted by Gasteiger charge is 2.20. The zero-order valence-electron chi connectivity index (χ0n) is 14.8. The molecular formula is C17H15Cl2N5O4. The van der Waals surface area contributed by atoms with Crippen LogP contribution in [0.15, 0.2) is 36.7 Å². The number of carbonyl (C=O) groups excluding carboxylic acids is 2. The van der Waals surface area contributed by atoms with Crippen molar-refractivity contribution >= 4 is 40.8 Å². The Balaban J connectivity index is 1.67. The molecule has 1 aromatic carbocycles. The minimum absolute atomic E-state index is 0.0366. The summed E-state index contributed by atoms with van der Waals surface area (Å²) < 4.78 is 13.0. The third-order valence-corrected chi connectivity index (χ3v) is 4.22. The molecule has 0 saturated carbocycles. The normalized spacial score (nSPS) is 10.6. The van der Waals surface area contributed by atoms with Crippen LogP contribution in [0.3, 0.4) is 0 Å². The van der Waals surface area contributed by atoms with Crippen molar-refractivity contribution in [2.24, 2.45) is 7.05 Å². The van der Waals surface area contributed by atoms with Crippen LogP contribution >= 0.6 is 23.2 Å². The van der Waals surface area contributed by atoms with E-state index in [0.29, 0.717) is 15.8 Å². The molecule has 0 aliphatic carbocycles. The van der Waals surface area contributed by atoms with Gasteiger partial charge >= 0.3 is 5.97 Å². The van der Waals surface area contributed by atoms with Gasteiger partial charge in [-0.05, 0) is 24.3 Å². The van der Waals surface area contributed by atoms with Crippen LogP contribution in [0.2, 0.25) is 10.0 Å². The van der Waals surface area contributed by atoms with Crippen LogP contribution in [0.5, 0.6) is 5.75 Å². The molecule has 3 aromatic rings. The van der Waals surface area contributed by atoms with Crippen molar-refractivity contribution in [2.75, 3.05) is 12.4 Å². The number of aryl methyl sites for hydroxylation is 1. The van der Waals surface area contributed by atoms with Crippen molar-refractivity contribution in [3.05, 3.63) is 58.1 Å². The Morgan fingerprint density at radius 3 is 2.75 bits per heavy atom. The number of methoxy groups -OCH3 is 1. The largest absolute Gasteiger partial charge is 0.470 e. The van der Waals surface area contributed by atoms with Crippen LogP contribution in [0.4, 0.5) is 5.69 Å². The van der Waals surface area contributed by atoms with Gasteiger partial charge in [0.05, 0.1) is 24.0 Å². The number of halogens is 2. The Kier molecular flexibility index (Phi) is 5.86. The first kappa shape index (κ1) is 19.7. The fraction of sp³-hybridized carbons (Fsp3) is 0.176. The monoisotopic (exact) mass is 423 g/mol. The molecule has 1 amide bonds. The van der Waals surface area contributed by atoms with Crippen LogP contribution < -0.4 is 10.1 Å². The van der Waals surface area contributed by atoms with Gasteiger partial charge in [-0.15, -0.1) is 0 Å². The number of esters is 1. The van der Waals surface area contributed by atoms with Crippen molar-refractivity contribution in [1.29, 1.82) is 0 Å². The molecule has 0 radical (unpaired) electrons. The third-order valence-electron chi connectivity index (χ3n) is 3.69. The summed E-state index contributed by atoms with van der Waals surface area (Å²) >= 11 is 11.9. The summed E-state index contributed by atoms with van der Waals surface area (Å²) in [6, 6.07) is 6.36. The first-order valence-corrected chi connectivity index (χ1v) is 8.67. The topological polar surface area (TPSA) is 100 Å². The summed E-state index contributed by atoms with van der Waals surface area (Å²) in [6.45, 7) is 0.0366. The van der Waals surface area contributed by atoms with E-state index in [1.54, 1.807) is 31.4 Å². The minimum Gasteiger partial charge on any atom is -0.470 e. The first-order valence-electron chi connectivity index (χ1n) is 7.92. The van der Waals surface area contributed by atoms with Crippen LogP contribution in [-0.2, 0) is 18.5 Å². The highest BCUT2D eigenvalue weighted by Crippen LogP contribution is 2.27. The van der Waals surface area contributed by atoms with Gasteiger partial charge in [0.2, 0.25) is 0 Å². The molecule has 11 heteroatoms. The van der Waals surface area contributed by atoms with Gasteiger partial charge in [0.25, 0.3) is 5.91 Å². The highest BCUT2D eigenvalue weighted by molar-refractivity contribution is 6.35. The molecule has 1 N–H and O–H groups in total.